The Morgan fingerprint density at radius 3 is 2.82 bits per heavy atom. The molecule has 1 rings (SSSR count). The van der Waals surface area contributed by atoms with E-state index in [0.29, 0.717) is 6.61 Å². The van der Waals surface area contributed by atoms with Crippen LogP contribution in [0, 0.1) is 0 Å². The third kappa shape index (κ3) is 5.96. The van der Waals surface area contributed by atoms with Crippen LogP contribution in [0.5, 0.6) is 5.75 Å². The van der Waals surface area contributed by atoms with Gasteiger partial charge in [0.1, 0.15) is 12.4 Å². The van der Waals surface area contributed by atoms with E-state index in [0.717, 1.165) is 25.0 Å². The van der Waals surface area contributed by atoms with Gasteiger partial charge in [-0.3, -0.25) is 0 Å². The summed E-state index contributed by atoms with van der Waals surface area (Å²) in [5, 5.41) is 0. The summed E-state index contributed by atoms with van der Waals surface area (Å²) in [6.07, 6.45) is 11.7. The molecule has 0 N–H and O–H groups in total. The number of ether oxygens (including phenoxy) is 1. The van der Waals surface area contributed by atoms with Gasteiger partial charge in [-0.05, 0) is 43.9 Å². The first kappa shape index (κ1) is 13.6. The maximum atomic E-state index is 5.65. The van der Waals surface area contributed by atoms with Crippen molar-refractivity contribution in [3.63, 3.8) is 0 Å². The third-order valence-electron chi connectivity index (χ3n) is 2.48. The summed E-state index contributed by atoms with van der Waals surface area (Å²) in [7, 11) is 0. The lowest BCUT2D eigenvalue weighted by atomic mass is 10.1. The summed E-state index contributed by atoms with van der Waals surface area (Å²) in [6, 6.07) is 8.35. The molecule has 0 radical (unpaired) electrons. The van der Waals surface area contributed by atoms with Crippen LogP contribution >= 0.6 is 0 Å². The molecule has 0 saturated heterocycles. The van der Waals surface area contributed by atoms with Gasteiger partial charge in [-0.25, -0.2) is 0 Å². The number of aryl methyl sites for hydroxylation is 1. The van der Waals surface area contributed by atoms with Crippen LogP contribution in [0.4, 0.5) is 0 Å². The molecule has 0 fully saturated rings. The average molecular weight is 230 g/mol. The molecule has 0 heterocycles. The molecule has 1 heteroatoms. The predicted octanol–water partition coefficient (Wildman–Crippen LogP) is 4.54. The fourth-order valence-corrected chi connectivity index (χ4v) is 1.59. The van der Waals surface area contributed by atoms with Crippen molar-refractivity contribution in [2.75, 3.05) is 6.61 Å². The topological polar surface area (TPSA) is 9.23 Å². The molecule has 0 aromatic heterocycles. The lowest BCUT2D eigenvalue weighted by Gasteiger charge is -2.05. The second-order valence-corrected chi connectivity index (χ2v) is 3.95. The van der Waals surface area contributed by atoms with Crippen molar-refractivity contribution in [1.29, 1.82) is 0 Å². The van der Waals surface area contributed by atoms with E-state index in [4.69, 9.17) is 4.74 Å². The van der Waals surface area contributed by atoms with Crippen molar-refractivity contribution in [3.8, 4) is 5.75 Å². The van der Waals surface area contributed by atoms with Crippen LogP contribution in [0.25, 0.3) is 0 Å². The van der Waals surface area contributed by atoms with Crippen molar-refractivity contribution in [1.82, 2.24) is 0 Å². The molecule has 0 amide bonds. The summed E-state index contributed by atoms with van der Waals surface area (Å²) >= 11 is 0. The van der Waals surface area contributed by atoms with Gasteiger partial charge < -0.3 is 4.74 Å². The van der Waals surface area contributed by atoms with E-state index < -0.39 is 0 Å². The molecule has 0 aliphatic carbocycles. The van der Waals surface area contributed by atoms with E-state index >= 15 is 0 Å². The van der Waals surface area contributed by atoms with Crippen molar-refractivity contribution < 1.29 is 4.74 Å². The average Bonchev–Trinajstić information content (AvgIpc) is 2.36. The molecule has 0 saturated carbocycles. The molecule has 17 heavy (non-hydrogen) atoms. The van der Waals surface area contributed by atoms with Gasteiger partial charge >= 0.3 is 0 Å². The Bertz CT molecular complexity index is 364. The Morgan fingerprint density at radius 2 is 2.06 bits per heavy atom. The fourth-order valence-electron chi connectivity index (χ4n) is 1.59. The van der Waals surface area contributed by atoms with Crippen LogP contribution in [0.15, 0.2) is 48.6 Å². The number of hydrogen-bond acceptors (Lipinski definition) is 1. The molecule has 0 bridgehead atoms. The van der Waals surface area contributed by atoms with Crippen molar-refractivity contribution >= 4 is 0 Å². The van der Waals surface area contributed by atoms with Crippen LogP contribution in [0.1, 0.15) is 32.3 Å². The van der Waals surface area contributed by atoms with E-state index in [1.165, 1.54) is 5.56 Å². The molecule has 1 aromatic carbocycles. The molecule has 0 unspecified atom stereocenters. The maximum absolute atomic E-state index is 5.65. The third-order valence-corrected chi connectivity index (χ3v) is 2.48. The molecular weight excluding hydrogens is 208 g/mol. The van der Waals surface area contributed by atoms with E-state index in [-0.39, 0.29) is 0 Å². The number of hydrogen-bond donors (Lipinski definition) is 0. The highest BCUT2D eigenvalue weighted by atomic mass is 16.5. The van der Waals surface area contributed by atoms with Gasteiger partial charge in [0, 0.05) is 0 Å². The summed E-state index contributed by atoms with van der Waals surface area (Å²) in [6.45, 7) is 4.84. The Hall–Kier alpha value is -1.50. The van der Waals surface area contributed by atoms with Crippen LogP contribution in [0.2, 0.25) is 0 Å². The minimum Gasteiger partial charge on any atom is -0.490 e. The predicted molar refractivity (Wildman–Crippen MR) is 74.5 cm³/mol. The summed E-state index contributed by atoms with van der Waals surface area (Å²) in [4.78, 5) is 0. The van der Waals surface area contributed by atoms with Gasteiger partial charge in [-0.15, -0.1) is 0 Å². The molecule has 0 atom stereocenters. The van der Waals surface area contributed by atoms with Crippen molar-refractivity contribution in [3.05, 3.63) is 54.1 Å². The van der Waals surface area contributed by atoms with Gasteiger partial charge in [-0.1, -0.05) is 43.4 Å². The molecule has 0 spiro atoms. The van der Waals surface area contributed by atoms with Gasteiger partial charge in [0.25, 0.3) is 0 Å². The Kier molecular flexibility index (Phi) is 6.89. The molecule has 92 valence electrons. The van der Waals surface area contributed by atoms with Crippen molar-refractivity contribution in [2.24, 2.45) is 0 Å². The van der Waals surface area contributed by atoms with E-state index in [1.807, 2.05) is 6.07 Å². The lowest BCUT2D eigenvalue weighted by molar-refractivity contribution is 0.362. The van der Waals surface area contributed by atoms with E-state index in [9.17, 15) is 0 Å². The van der Waals surface area contributed by atoms with Gasteiger partial charge in [0.05, 0.1) is 0 Å². The molecule has 1 nitrogen and oxygen atoms in total. The van der Waals surface area contributed by atoms with Crippen LogP contribution < -0.4 is 4.74 Å². The minimum absolute atomic E-state index is 0.659. The SMILES string of the molecule is CC=CCCc1cccc(OCC=CCC)c1. The van der Waals surface area contributed by atoms with Gasteiger partial charge in [0.15, 0.2) is 0 Å². The molecule has 1 aromatic rings. The fraction of sp³-hybridized carbons (Fsp3) is 0.375. The first-order valence-electron chi connectivity index (χ1n) is 6.34. The lowest BCUT2D eigenvalue weighted by Crippen LogP contribution is -1.94. The highest BCUT2D eigenvalue weighted by Gasteiger charge is 1.95. The molecular formula is C16H22O. The second-order valence-electron chi connectivity index (χ2n) is 3.95. The first-order chi connectivity index (χ1) is 8.36. The number of rotatable bonds is 7. The highest BCUT2D eigenvalue weighted by molar-refractivity contribution is 5.28. The molecule has 0 aliphatic heterocycles. The largest absolute Gasteiger partial charge is 0.490 e. The van der Waals surface area contributed by atoms with Crippen LogP contribution in [-0.4, -0.2) is 6.61 Å². The van der Waals surface area contributed by atoms with Crippen LogP contribution in [0.3, 0.4) is 0 Å². The molecule has 0 aliphatic rings. The first-order valence-corrected chi connectivity index (χ1v) is 6.34. The zero-order valence-electron chi connectivity index (χ0n) is 10.9. The number of allylic oxidation sites excluding steroid dienone is 3. The zero-order valence-corrected chi connectivity index (χ0v) is 10.9. The van der Waals surface area contributed by atoms with Crippen molar-refractivity contribution in [2.45, 2.75) is 33.1 Å². The highest BCUT2D eigenvalue weighted by Crippen LogP contribution is 2.14. The number of benzene rings is 1. The van der Waals surface area contributed by atoms with Crippen LogP contribution in [-0.2, 0) is 6.42 Å². The Balaban J connectivity index is 2.44. The van der Waals surface area contributed by atoms with Gasteiger partial charge in [-0.2, -0.15) is 0 Å². The van der Waals surface area contributed by atoms with Gasteiger partial charge in [0.2, 0.25) is 0 Å². The quantitative estimate of drug-likeness (QED) is 0.625. The second kappa shape index (κ2) is 8.63. The summed E-state index contributed by atoms with van der Waals surface area (Å²) < 4.78 is 5.65. The normalized spacial score (nSPS) is 11.4. The van der Waals surface area contributed by atoms with E-state index in [2.05, 4.69) is 56.4 Å². The Morgan fingerprint density at radius 1 is 1.18 bits per heavy atom. The standard InChI is InChI=1S/C16H22O/c1-3-5-7-10-15-11-9-12-16(14-15)17-13-8-6-4-2/h3,5-6,8-9,11-12,14H,4,7,10,13H2,1-2H3. The summed E-state index contributed by atoms with van der Waals surface area (Å²) in [5.74, 6) is 0.962. The smallest absolute Gasteiger partial charge is 0.120 e. The monoisotopic (exact) mass is 230 g/mol. The van der Waals surface area contributed by atoms with E-state index in [1.54, 1.807) is 0 Å². The summed E-state index contributed by atoms with van der Waals surface area (Å²) in [5.41, 5.74) is 1.33. The Labute approximate surface area is 105 Å². The minimum atomic E-state index is 0.659. The zero-order chi connectivity index (χ0) is 12.3. The maximum Gasteiger partial charge on any atom is 0.120 e.